The van der Waals surface area contributed by atoms with Crippen LogP contribution in [0.4, 0.5) is 0 Å². The Kier molecular flexibility index (Phi) is 5.72. The molecule has 5 heteroatoms. The smallest absolute Gasteiger partial charge is 0.190 e. The Balaban J connectivity index is 1.61. The summed E-state index contributed by atoms with van der Waals surface area (Å²) in [6, 6.07) is 17.2. The van der Waals surface area contributed by atoms with Gasteiger partial charge in [0.2, 0.25) is 0 Å². The summed E-state index contributed by atoms with van der Waals surface area (Å²) in [6.07, 6.45) is 0. The summed E-state index contributed by atoms with van der Waals surface area (Å²) in [6.45, 7) is 6.50. The van der Waals surface area contributed by atoms with Crippen LogP contribution in [0, 0.1) is 6.92 Å². The number of thiophene rings is 1. The van der Waals surface area contributed by atoms with Crippen molar-refractivity contribution in [3.05, 3.63) is 75.8 Å². The third kappa shape index (κ3) is 4.09. The van der Waals surface area contributed by atoms with Crippen LogP contribution in [0.25, 0.3) is 21.3 Å². The average molecular weight is 425 g/mol. The van der Waals surface area contributed by atoms with E-state index in [1.165, 1.54) is 16.7 Å². The van der Waals surface area contributed by atoms with Crippen LogP contribution < -0.4 is 0 Å². The number of aromatic nitrogens is 2. The number of hydrogen-bond donors (Lipinski definition) is 0. The van der Waals surface area contributed by atoms with Crippen LogP contribution in [0.3, 0.4) is 0 Å². The molecule has 0 saturated carbocycles. The number of aryl methyl sites for hydroxylation is 1. The molecule has 4 rings (SSSR count). The van der Waals surface area contributed by atoms with Gasteiger partial charge in [0.05, 0.1) is 5.39 Å². The van der Waals surface area contributed by atoms with E-state index in [-0.39, 0.29) is 0 Å². The van der Waals surface area contributed by atoms with Crippen LogP contribution in [-0.4, -0.2) is 9.97 Å². The Morgan fingerprint density at radius 2 is 1.71 bits per heavy atom. The summed E-state index contributed by atoms with van der Waals surface area (Å²) in [4.78, 5) is 10.2. The van der Waals surface area contributed by atoms with Crippen molar-refractivity contribution in [1.82, 2.24) is 9.97 Å². The van der Waals surface area contributed by atoms with Gasteiger partial charge in [0.25, 0.3) is 0 Å². The SMILES string of the molecule is Cc1ccc(CSc2nc(Cl)c3c(-c4ccc(C(C)C)cc4)csc3n2)cc1. The largest absolute Gasteiger partial charge is 0.211 e. The molecule has 2 nitrogen and oxygen atoms in total. The van der Waals surface area contributed by atoms with E-state index in [0.29, 0.717) is 11.1 Å². The molecule has 0 bridgehead atoms. The minimum absolute atomic E-state index is 0.522. The number of hydrogen-bond acceptors (Lipinski definition) is 4. The molecule has 0 unspecified atom stereocenters. The molecular formula is C23H21ClN2S2. The first-order valence-electron chi connectivity index (χ1n) is 9.24. The average Bonchev–Trinajstić information content (AvgIpc) is 3.12. The molecule has 2 aromatic heterocycles. The van der Waals surface area contributed by atoms with Crippen LogP contribution in [0.15, 0.2) is 59.1 Å². The fourth-order valence-corrected chi connectivity index (χ4v) is 5.22. The van der Waals surface area contributed by atoms with E-state index in [0.717, 1.165) is 32.3 Å². The fraction of sp³-hybridized carbons (Fsp3) is 0.217. The summed E-state index contributed by atoms with van der Waals surface area (Å²) in [7, 11) is 0. The third-order valence-electron chi connectivity index (χ3n) is 4.75. The summed E-state index contributed by atoms with van der Waals surface area (Å²) < 4.78 is 0. The van der Waals surface area contributed by atoms with Gasteiger partial charge in [-0.25, -0.2) is 9.97 Å². The van der Waals surface area contributed by atoms with Gasteiger partial charge in [0.1, 0.15) is 9.98 Å². The molecule has 2 aromatic carbocycles. The first kappa shape index (κ1) is 19.4. The van der Waals surface area contributed by atoms with Gasteiger partial charge in [-0.15, -0.1) is 11.3 Å². The van der Waals surface area contributed by atoms with Gasteiger partial charge in [-0.2, -0.15) is 0 Å². The molecule has 0 aliphatic carbocycles. The molecule has 4 aromatic rings. The highest BCUT2D eigenvalue weighted by Crippen LogP contribution is 2.38. The topological polar surface area (TPSA) is 25.8 Å². The van der Waals surface area contributed by atoms with Gasteiger partial charge in [-0.1, -0.05) is 91.3 Å². The zero-order valence-corrected chi connectivity index (χ0v) is 18.5. The zero-order chi connectivity index (χ0) is 19.7. The number of thioether (sulfide) groups is 1. The van der Waals surface area contributed by atoms with Crippen LogP contribution in [-0.2, 0) is 5.75 Å². The predicted molar refractivity (Wildman–Crippen MR) is 123 cm³/mol. The Morgan fingerprint density at radius 1 is 1.00 bits per heavy atom. The lowest BCUT2D eigenvalue weighted by molar-refractivity contribution is 0.867. The first-order chi connectivity index (χ1) is 13.5. The molecule has 0 spiro atoms. The van der Waals surface area contributed by atoms with E-state index in [2.05, 4.69) is 79.7 Å². The van der Waals surface area contributed by atoms with Crippen molar-refractivity contribution >= 4 is 44.9 Å². The fourth-order valence-electron chi connectivity index (χ4n) is 3.04. The molecule has 0 N–H and O–H groups in total. The molecular weight excluding hydrogens is 404 g/mol. The van der Waals surface area contributed by atoms with Crippen molar-refractivity contribution in [3.8, 4) is 11.1 Å². The molecule has 0 fully saturated rings. The maximum Gasteiger partial charge on any atom is 0.190 e. The highest BCUT2D eigenvalue weighted by molar-refractivity contribution is 7.98. The third-order valence-corrected chi connectivity index (χ3v) is 6.81. The van der Waals surface area contributed by atoms with E-state index in [9.17, 15) is 0 Å². The summed E-state index contributed by atoms with van der Waals surface area (Å²) in [5.74, 6) is 1.35. The van der Waals surface area contributed by atoms with Gasteiger partial charge < -0.3 is 0 Å². The van der Waals surface area contributed by atoms with E-state index in [1.807, 2.05) is 0 Å². The van der Waals surface area contributed by atoms with E-state index < -0.39 is 0 Å². The second-order valence-corrected chi connectivity index (χ2v) is 9.34. The zero-order valence-electron chi connectivity index (χ0n) is 16.1. The van der Waals surface area contributed by atoms with E-state index in [4.69, 9.17) is 16.6 Å². The van der Waals surface area contributed by atoms with Crippen molar-refractivity contribution in [2.24, 2.45) is 0 Å². The van der Waals surface area contributed by atoms with Crippen LogP contribution in [0.2, 0.25) is 5.15 Å². The van der Waals surface area contributed by atoms with Crippen LogP contribution in [0.5, 0.6) is 0 Å². The van der Waals surface area contributed by atoms with Crippen molar-refractivity contribution in [1.29, 1.82) is 0 Å². The number of halogens is 1. The molecule has 0 radical (unpaired) electrons. The van der Waals surface area contributed by atoms with Crippen molar-refractivity contribution in [2.75, 3.05) is 0 Å². The monoisotopic (exact) mass is 424 g/mol. The Hall–Kier alpha value is -1.88. The van der Waals surface area contributed by atoms with Crippen LogP contribution in [0.1, 0.15) is 36.5 Å². The van der Waals surface area contributed by atoms with Gasteiger partial charge in [0, 0.05) is 16.7 Å². The minimum atomic E-state index is 0.522. The minimum Gasteiger partial charge on any atom is -0.211 e. The number of benzene rings is 2. The molecule has 0 amide bonds. The molecule has 0 aliphatic heterocycles. The van der Waals surface area contributed by atoms with E-state index in [1.54, 1.807) is 23.1 Å². The van der Waals surface area contributed by atoms with Gasteiger partial charge in [-0.05, 0) is 29.5 Å². The van der Waals surface area contributed by atoms with Gasteiger partial charge >= 0.3 is 0 Å². The second kappa shape index (κ2) is 8.24. The molecule has 28 heavy (non-hydrogen) atoms. The highest BCUT2D eigenvalue weighted by Gasteiger charge is 2.15. The molecule has 0 atom stereocenters. The lowest BCUT2D eigenvalue weighted by Crippen LogP contribution is -1.90. The highest BCUT2D eigenvalue weighted by atomic mass is 35.5. The first-order valence-corrected chi connectivity index (χ1v) is 11.5. The Bertz CT molecular complexity index is 1100. The lowest BCUT2D eigenvalue weighted by Gasteiger charge is -2.07. The summed E-state index contributed by atoms with van der Waals surface area (Å²) in [5, 5.41) is 4.33. The Labute approximate surface area is 179 Å². The van der Waals surface area contributed by atoms with Gasteiger partial charge in [0.15, 0.2) is 5.16 Å². The predicted octanol–water partition coefficient (Wildman–Crippen LogP) is 7.74. The molecule has 0 saturated heterocycles. The van der Waals surface area contributed by atoms with Crippen molar-refractivity contribution < 1.29 is 0 Å². The standard InChI is InChI=1S/C23H21ClN2S2/c1-14(2)17-8-10-18(11-9-17)19-13-27-22-20(19)21(24)25-23(26-22)28-12-16-6-4-15(3)5-7-16/h4-11,13-14H,12H2,1-3H3. The Morgan fingerprint density at radius 3 is 2.39 bits per heavy atom. The van der Waals surface area contributed by atoms with Crippen molar-refractivity contribution in [2.45, 2.75) is 37.6 Å². The number of nitrogens with zero attached hydrogens (tertiary/aromatic N) is 2. The van der Waals surface area contributed by atoms with E-state index >= 15 is 0 Å². The number of fused-ring (bicyclic) bond motifs is 1. The second-order valence-electron chi connectivity index (χ2n) is 7.18. The quantitative estimate of drug-likeness (QED) is 0.186. The molecule has 0 aliphatic rings. The van der Waals surface area contributed by atoms with Gasteiger partial charge in [-0.3, -0.25) is 0 Å². The lowest BCUT2D eigenvalue weighted by atomic mass is 9.99. The maximum absolute atomic E-state index is 6.59. The van der Waals surface area contributed by atoms with Crippen molar-refractivity contribution in [3.63, 3.8) is 0 Å². The maximum atomic E-state index is 6.59. The summed E-state index contributed by atoms with van der Waals surface area (Å²) >= 11 is 9.83. The summed E-state index contributed by atoms with van der Waals surface area (Å²) in [5.41, 5.74) is 6.12. The van der Waals surface area contributed by atoms with Crippen LogP contribution >= 0.6 is 34.7 Å². The molecule has 2 heterocycles. The molecule has 142 valence electrons. The normalized spacial score (nSPS) is 11.5. The number of rotatable bonds is 5.